The van der Waals surface area contributed by atoms with Crippen LogP contribution in [-0.4, -0.2) is 29.6 Å². The molecule has 1 saturated carbocycles. The average molecular weight is 375 g/mol. The number of nitrogens with zero attached hydrogens (tertiary/aromatic N) is 2. The van der Waals surface area contributed by atoms with Gasteiger partial charge in [-0.2, -0.15) is 10.5 Å². The minimum absolute atomic E-state index is 0.102. The number of carbonyl (C=O) groups excluding carboxylic acids is 3. The molecule has 0 spiro atoms. The van der Waals surface area contributed by atoms with Gasteiger partial charge in [0.2, 0.25) is 11.8 Å². The SMILES string of the molecule is CC1(C)C(C#N)=C(SCC(=O)NC(=O)NC2CCCC2)NC(=O)[C@H]1C#N. The van der Waals surface area contributed by atoms with Crippen LogP contribution in [0.5, 0.6) is 0 Å². The van der Waals surface area contributed by atoms with E-state index in [4.69, 9.17) is 0 Å². The molecule has 4 amide bonds. The van der Waals surface area contributed by atoms with Gasteiger partial charge in [-0.15, -0.1) is 0 Å². The fraction of sp³-hybridized carbons (Fsp3) is 0.588. The smallest absolute Gasteiger partial charge is 0.321 e. The van der Waals surface area contributed by atoms with Gasteiger partial charge < -0.3 is 10.6 Å². The number of hydrogen-bond donors (Lipinski definition) is 3. The van der Waals surface area contributed by atoms with E-state index in [0.29, 0.717) is 0 Å². The highest BCUT2D eigenvalue weighted by Crippen LogP contribution is 2.41. The molecule has 9 heteroatoms. The van der Waals surface area contributed by atoms with Crippen molar-refractivity contribution in [1.29, 1.82) is 10.5 Å². The molecule has 0 radical (unpaired) electrons. The van der Waals surface area contributed by atoms with E-state index >= 15 is 0 Å². The predicted octanol–water partition coefficient (Wildman–Crippen LogP) is 1.52. The molecule has 1 fully saturated rings. The van der Waals surface area contributed by atoms with Crippen molar-refractivity contribution >= 4 is 29.6 Å². The number of hydrogen-bond acceptors (Lipinski definition) is 6. The number of amides is 4. The van der Waals surface area contributed by atoms with Gasteiger partial charge in [-0.25, -0.2) is 4.79 Å². The highest BCUT2D eigenvalue weighted by Gasteiger charge is 2.44. The second-order valence-electron chi connectivity index (χ2n) is 6.88. The van der Waals surface area contributed by atoms with Crippen LogP contribution < -0.4 is 16.0 Å². The molecule has 1 aliphatic carbocycles. The number of imide groups is 1. The number of carbonyl (C=O) groups is 3. The Kier molecular flexibility index (Phi) is 6.27. The van der Waals surface area contributed by atoms with Crippen molar-refractivity contribution in [2.75, 3.05) is 5.75 Å². The number of nitriles is 2. The van der Waals surface area contributed by atoms with Gasteiger partial charge in [-0.3, -0.25) is 14.9 Å². The number of thioether (sulfide) groups is 1. The monoisotopic (exact) mass is 375 g/mol. The molecule has 3 N–H and O–H groups in total. The Morgan fingerprint density at radius 1 is 1.31 bits per heavy atom. The van der Waals surface area contributed by atoms with Gasteiger partial charge in [0.25, 0.3) is 0 Å². The summed E-state index contributed by atoms with van der Waals surface area (Å²) in [5.74, 6) is -2.14. The van der Waals surface area contributed by atoms with Crippen LogP contribution in [0.15, 0.2) is 10.6 Å². The summed E-state index contributed by atoms with van der Waals surface area (Å²) in [6.45, 7) is 3.29. The molecular formula is C17H21N5O3S. The summed E-state index contributed by atoms with van der Waals surface area (Å²) in [4.78, 5) is 35.8. The van der Waals surface area contributed by atoms with Gasteiger partial charge in [0, 0.05) is 11.5 Å². The number of urea groups is 1. The fourth-order valence-corrected chi connectivity index (χ4v) is 4.10. The van der Waals surface area contributed by atoms with E-state index in [0.717, 1.165) is 37.4 Å². The van der Waals surface area contributed by atoms with Crippen LogP contribution in [0, 0.1) is 34.0 Å². The quantitative estimate of drug-likeness (QED) is 0.682. The Balaban J connectivity index is 1.96. The molecule has 0 aromatic rings. The second-order valence-corrected chi connectivity index (χ2v) is 7.87. The average Bonchev–Trinajstić information content (AvgIpc) is 3.05. The van der Waals surface area contributed by atoms with E-state index in [1.807, 2.05) is 12.1 Å². The molecule has 1 aliphatic heterocycles. The van der Waals surface area contributed by atoms with Gasteiger partial charge in [-0.1, -0.05) is 38.5 Å². The van der Waals surface area contributed by atoms with Crippen LogP contribution in [0.3, 0.4) is 0 Å². The molecule has 0 unspecified atom stereocenters. The summed E-state index contributed by atoms with van der Waals surface area (Å²) < 4.78 is 0. The molecular weight excluding hydrogens is 354 g/mol. The lowest BCUT2D eigenvalue weighted by Crippen LogP contribution is -2.45. The van der Waals surface area contributed by atoms with Crippen molar-refractivity contribution in [3.8, 4) is 12.1 Å². The van der Waals surface area contributed by atoms with E-state index in [1.165, 1.54) is 0 Å². The highest BCUT2D eigenvalue weighted by molar-refractivity contribution is 8.03. The molecule has 1 heterocycles. The van der Waals surface area contributed by atoms with Crippen molar-refractivity contribution in [3.05, 3.63) is 10.6 Å². The predicted molar refractivity (Wildman–Crippen MR) is 95.1 cm³/mol. The maximum absolute atomic E-state index is 12.1. The summed E-state index contributed by atoms with van der Waals surface area (Å²) in [7, 11) is 0. The van der Waals surface area contributed by atoms with Gasteiger partial charge >= 0.3 is 6.03 Å². The molecule has 26 heavy (non-hydrogen) atoms. The second kappa shape index (κ2) is 8.24. The fourth-order valence-electron chi connectivity index (χ4n) is 3.13. The topological polar surface area (TPSA) is 135 Å². The lowest BCUT2D eigenvalue weighted by molar-refractivity contribution is -0.125. The maximum atomic E-state index is 12.1. The zero-order valence-electron chi connectivity index (χ0n) is 14.7. The van der Waals surface area contributed by atoms with Crippen LogP contribution in [0.25, 0.3) is 0 Å². The van der Waals surface area contributed by atoms with E-state index in [1.54, 1.807) is 13.8 Å². The van der Waals surface area contributed by atoms with Crippen LogP contribution in [0.4, 0.5) is 4.79 Å². The normalized spacial score (nSPS) is 22.2. The van der Waals surface area contributed by atoms with Crippen molar-refractivity contribution in [2.24, 2.45) is 11.3 Å². The lowest BCUT2D eigenvalue weighted by Gasteiger charge is -2.34. The van der Waals surface area contributed by atoms with Crippen molar-refractivity contribution in [2.45, 2.75) is 45.6 Å². The molecule has 0 saturated heterocycles. The Morgan fingerprint density at radius 2 is 1.96 bits per heavy atom. The number of rotatable bonds is 4. The van der Waals surface area contributed by atoms with Gasteiger partial charge in [0.15, 0.2) is 0 Å². The molecule has 138 valence electrons. The van der Waals surface area contributed by atoms with Crippen LogP contribution in [0.1, 0.15) is 39.5 Å². The molecule has 0 bridgehead atoms. The summed E-state index contributed by atoms with van der Waals surface area (Å²) in [6.07, 6.45) is 3.96. The standard InChI is InChI=1S/C17H21N5O3S/c1-17(2)11(7-18)14(24)22-15(12(17)8-19)26-9-13(23)21-16(25)20-10-5-3-4-6-10/h10-11H,3-6,9H2,1-2H3,(H,22,24)(H2,20,21,23,25)/t11-/m1/s1. The lowest BCUT2D eigenvalue weighted by atomic mass is 9.72. The first-order valence-electron chi connectivity index (χ1n) is 8.38. The zero-order chi connectivity index (χ0) is 19.3. The number of allylic oxidation sites excluding steroid dienone is 1. The third kappa shape index (κ3) is 4.36. The third-order valence-corrected chi connectivity index (χ3v) is 5.63. The minimum Gasteiger partial charge on any atom is -0.335 e. The first-order valence-corrected chi connectivity index (χ1v) is 9.36. The van der Waals surface area contributed by atoms with E-state index in [9.17, 15) is 24.9 Å². The summed E-state index contributed by atoms with van der Waals surface area (Å²) >= 11 is 0.965. The maximum Gasteiger partial charge on any atom is 0.321 e. The molecule has 0 aromatic carbocycles. The van der Waals surface area contributed by atoms with Gasteiger partial charge in [-0.05, 0) is 12.8 Å². The van der Waals surface area contributed by atoms with Crippen LogP contribution in [-0.2, 0) is 9.59 Å². The van der Waals surface area contributed by atoms with Crippen LogP contribution in [0.2, 0.25) is 0 Å². The molecule has 2 aliphatic rings. The third-order valence-electron chi connectivity index (χ3n) is 4.62. The van der Waals surface area contributed by atoms with Crippen LogP contribution >= 0.6 is 11.8 Å². The van der Waals surface area contributed by atoms with E-state index in [2.05, 4.69) is 16.0 Å². The Morgan fingerprint density at radius 3 is 2.54 bits per heavy atom. The largest absolute Gasteiger partial charge is 0.335 e. The highest BCUT2D eigenvalue weighted by atomic mass is 32.2. The first-order chi connectivity index (χ1) is 12.3. The molecule has 2 rings (SSSR count). The number of nitrogens with one attached hydrogen (secondary N) is 3. The van der Waals surface area contributed by atoms with Crippen molar-refractivity contribution in [3.63, 3.8) is 0 Å². The summed E-state index contributed by atoms with van der Waals surface area (Å²) in [5, 5.41) is 26.4. The van der Waals surface area contributed by atoms with Crippen molar-refractivity contribution < 1.29 is 14.4 Å². The van der Waals surface area contributed by atoms with E-state index < -0.39 is 29.2 Å². The molecule has 0 aromatic heterocycles. The zero-order valence-corrected chi connectivity index (χ0v) is 15.5. The van der Waals surface area contributed by atoms with E-state index in [-0.39, 0.29) is 22.4 Å². The van der Waals surface area contributed by atoms with Gasteiger partial charge in [0.1, 0.15) is 5.92 Å². The first kappa shape index (κ1) is 19.8. The Bertz CT molecular complexity index is 726. The minimum atomic E-state index is -0.979. The van der Waals surface area contributed by atoms with Crippen molar-refractivity contribution in [1.82, 2.24) is 16.0 Å². The summed E-state index contributed by atoms with van der Waals surface area (Å²) in [6, 6.07) is 3.51. The van der Waals surface area contributed by atoms with Gasteiger partial charge in [0.05, 0.1) is 28.5 Å². The summed E-state index contributed by atoms with van der Waals surface area (Å²) in [5.41, 5.74) is -0.707. The Hall–Kier alpha value is -2.52. The molecule has 1 atom stereocenters. The Labute approximate surface area is 156 Å². The molecule has 8 nitrogen and oxygen atoms in total.